The summed E-state index contributed by atoms with van der Waals surface area (Å²) in [5.41, 5.74) is 4.85. The van der Waals surface area contributed by atoms with Crippen LogP contribution in [0.1, 0.15) is 0 Å². The topological polar surface area (TPSA) is 78.8 Å². The molecule has 4 heteroatoms. The first-order chi connectivity index (χ1) is 3.81. The quantitative estimate of drug-likeness (QED) is 0.306. The van der Waals surface area contributed by atoms with Crippen molar-refractivity contribution in [3.63, 3.8) is 0 Å². The van der Waals surface area contributed by atoms with Crippen molar-refractivity contribution < 1.29 is 10.2 Å². The number of aliphatic imine (C=N–C) groups is 1. The van der Waals surface area contributed by atoms with Gasteiger partial charge in [0.15, 0.2) is 0 Å². The predicted molar refractivity (Wildman–Crippen MR) is 30.6 cm³/mol. The van der Waals surface area contributed by atoms with Crippen molar-refractivity contribution in [2.45, 2.75) is 6.10 Å². The Morgan fingerprint density at radius 1 is 1.75 bits per heavy atom. The molecule has 0 aliphatic rings. The minimum Gasteiger partial charge on any atom is -0.394 e. The van der Waals surface area contributed by atoms with Crippen molar-refractivity contribution in [1.82, 2.24) is 0 Å². The van der Waals surface area contributed by atoms with Crippen LogP contribution in [0, 0.1) is 0 Å². The van der Waals surface area contributed by atoms with E-state index in [4.69, 9.17) is 15.9 Å². The van der Waals surface area contributed by atoms with E-state index in [1.54, 1.807) is 0 Å². The molecule has 48 valence electrons. The summed E-state index contributed by atoms with van der Waals surface area (Å²) in [5, 5.41) is 16.8. The summed E-state index contributed by atoms with van der Waals surface area (Å²) in [4.78, 5) is 3.49. The Bertz CT molecular complexity index is 74.4. The van der Waals surface area contributed by atoms with Crippen molar-refractivity contribution in [2.75, 3.05) is 13.2 Å². The molecule has 0 fully saturated rings. The number of nitrogens with zero attached hydrogens (tertiary/aromatic N) is 1. The lowest BCUT2D eigenvalue weighted by Crippen LogP contribution is -2.16. The molecule has 0 saturated heterocycles. The maximum Gasteiger partial charge on any atom is 0.0966 e. The van der Waals surface area contributed by atoms with Crippen molar-refractivity contribution in [3.8, 4) is 0 Å². The molecule has 1 unspecified atom stereocenters. The molecule has 0 bridgehead atoms. The Morgan fingerprint density at radius 3 is 2.75 bits per heavy atom. The van der Waals surface area contributed by atoms with Gasteiger partial charge in [-0.3, -0.25) is 4.99 Å². The van der Waals surface area contributed by atoms with Crippen LogP contribution in [0.4, 0.5) is 0 Å². The highest BCUT2D eigenvalue weighted by Crippen LogP contribution is 1.78. The summed E-state index contributed by atoms with van der Waals surface area (Å²) < 4.78 is 0. The number of aliphatic hydroxyl groups excluding tert-OH is 2. The van der Waals surface area contributed by atoms with Crippen LogP contribution in [0.15, 0.2) is 4.99 Å². The minimum atomic E-state index is -0.769. The molecule has 0 aromatic rings. The van der Waals surface area contributed by atoms with Crippen LogP contribution in [0.3, 0.4) is 0 Å². The van der Waals surface area contributed by atoms with E-state index in [-0.39, 0.29) is 13.2 Å². The van der Waals surface area contributed by atoms with Gasteiger partial charge in [0.05, 0.1) is 25.6 Å². The maximum absolute atomic E-state index is 8.57. The molecule has 0 aromatic heterocycles. The van der Waals surface area contributed by atoms with Gasteiger partial charge in [0.1, 0.15) is 0 Å². The van der Waals surface area contributed by atoms with Gasteiger partial charge >= 0.3 is 0 Å². The van der Waals surface area contributed by atoms with E-state index in [1.807, 2.05) is 0 Å². The first-order valence-electron chi connectivity index (χ1n) is 2.30. The van der Waals surface area contributed by atoms with E-state index in [0.29, 0.717) is 0 Å². The standard InChI is InChI=1S/C4H10N2O2/c5-3-6-1-4(8)2-7/h3-4,7-8H,1-2H2,(H2,5,6). The van der Waals surface area contributed by atoms with E-state index in [2.05, 4.69) is 4.99 Å². The Labute approximate surface area is 47.7 Å². The van der Waals surface area contributed by atoms with Crippen molar-refractivity contribution >= 4 is 6.34 Å². The Kier molecular flexibility index (Phi) is 4.20. The zero-order valence-electron chi connectivity index (χ0n) is 4.49. The van der Waals surface area contributed by atoms with Crippen LogP contribution < -0.4 is 5.73 Å². The van der Waals surface area contributed by atoms with Gasteiger partial charge in [0.2, 0.25) is 0 Å². The molecule has 8 heavy (non-hydrogen) atoms. The zero-order chi connectivity index (χ0) is 6.41. The smallest absolute Gasteiger partial charge is 0.0966 e. The van der Waals surface area contributed by atoms with E-state index in [0.717, 1.165) is 6.34 Å². The number of nitrogens with two attached hydrogens (primary N) is 1. The lowest BCUT2D eigenvalue weighted by Gasteiger charge is -1.98. The summed E-state index contributed by atoms with van der Waals surface area (Å²) in [6.07, 6.45) is 0.327. The average Bonchev–Trinajstić information content (AvgIpc) is 1.83. The van der Waals surface area contributed by atoms with Gasteiger partial charge in [0.25, 0.3) is 0 Å². The first-order valence-corrected chi connectivity index (χ1v) is 2.30. The van der Waals surface area contributed by atoms with Gasteiger partial charge in [-0.2, -0.15) is 0 Å². The lowest BCUT2D eigenvalue weighted by atomic mass is 10.4. The second kappa shape index (κ2) is 4.55. The summed E-state index contributed by atoms with van der Waals surface area (Å²) in [6, 6.07) is 0. The fourth-order valence-corrected chi connectivity index (χ4v) is 0.240. The van der Waals surface area contributed by atoms with Crippen LogP contribution in [0.5, 0.6) is 0 Å². The molecule has 0 aliphatic heterocycles. The summed E-state index contributed by atoms with van der Waals surface area (Å²) in [7, 11) is 0. The fourth-order valence-electron chi connectivity index (χ4n) is 0.240. The van der Waals surface area contributed by atoms with Gasteiger partial charge < -0.3 is 15.9 Å². The van der Waals surface area contributed by atoms with Crippen LogP contribution >= 0.6 is 0 Å². The average molecular weight is 118 g/mol. The summed E-state index contributed by atoms with van der Waals surface area (Å²) >= 11 is 0. The van der Waals surface area contributed by atoms with Crippen molar-refractivity contribution in [2.24, 2.45) is 10.7 Å². The zero-order valence-corrected chi connectivity index (χ0v) is 4.49. The molecule has 0 saturated carbocycles. The molecule has 0 amide bonds. The maximum atomic E-state index is 8.57. The molecule has 0 radical (unpaired) electrons. The minimum absolute atomic E-state index is 0.174. The molecule has 0 aromatic carbocycles. The normalized spacial score (nSPS) is 14.8. The monoisotopic (exact) mass is 118 g/mol. The van der Waals surface area contributed by atoms with Crippen LogP contribution in [-0.2, 0) is 0 Å². The molecule has 0 spiro atoms. The van der Waals surface area contributed by atoms with Gasteiger partial charge in [-0.15, -0.1) is 0 Å². The van der Waals surface area contributed by atoms with Gasteiger partial charge in [-0.05, 0) is 0 Å². The van der Waals surface area contributed by atoms with Crippen molar-refractivity contribution in [3.05, 3.63) is 0 Å². The van der Waals surface area contributed by atoms with E-state index in [9.17, 15) is 0 Å². The Balaban J connectivity index is 3.10. The summed E-state index contributed by atoms with van der Waals surface area (Å²) in [6.45, 7) is -0.0929. The highest BCUT2D eigenvalue weighted by Gasteiger charge is 1.95. The number of hydrogen-bond acceptors (Lipinski definition) is 3. The summed E-state index contributed by atoms with van der Waals surface area (Å²) in [5.74, 6) is 0. The van der Waals surface area contributed by atoms with Gasteiger partial charge in [-0.1, -0.05) is 0 Å². The predicted octanol–water partition coefficient (Wildman–Crippen LogP) is -1.67. The molecular weight excluding hydrogens is 108 g/mol. The van der Waals surface area contributed by atoms with Crippen LogP contribution in [0.2, 0.25) is 0 Å². The third-order valence-corrected chi connectivity index (χ3v) is 0.632. The van der Waals surface area contributed by atoms with Crippen molar-refractivity contribution in [1.29, 1.82) is 0 Å². The highest BCUT2D eigenvalue weighted by atomic mass is 16.3. The molecular formula is C4H10N2O2. The third-order valence-electron chi connectivity index (χ3n) is 0.632. The molecule has 1 atom stereocenters. The Hall–Kier alpha value is -0.610. The number of rotatable bonds is 3. The molecule has 0 heterocycles. The second-order valence-corrected chi connectivity index (χ2v) is 1.35. The SMILES string of the molecule is NC=NCC(O)CO. The molecule has 0 rings (SSSR count). The highest BCUT2D eigenvalue weighted by molar-refractivity contribution is 5.51. The molecule has 0 aliphatic carbocycles. The molecule has 4 nitrogen and oxygen atoms in total. The van der Waals surface area contributed by atoms with Gasteiger partial charge in [-0.25, -0.2) is 0 Å². The van der Waals surface area contributed by atoms with E-state index in [1.165, 1.54) is 0 Å². The lowest BCUT2D eigenvalue weighted by molar-refractivity contribution is 0.102. The number of aliphatic hydroxyl groups is 2. The number of hydrogen-bond donors (Lipinski definition) is 3. The third kappa shape index (κ3) is 3.58. The second-order valence-electron chi connectivity index (χ2n) is 1.35. The van der Waals surface area contributed by atoms with E-state index < -0.39 is 6.10 Å². The Morgan fingerprint density at radius 2 is 2.38 bits per heavy atom. The van der Waals surface area contributed by atoms with Gasteiger partial charge in [0, 0.05) is 0 Å². The van der Waals surface area contributed by atoms with Crippen LogP contribution in [0.25, 0.3) is 0 Å². The largest absolute Gasteiger partial charge is 0.394 e. The fraction of sp³-hybridized carbons (Fsp3) is 0.750. The van der Waals surface area contributed by atoms with Crippen LogP contribution in [-0.4, -0.2) is 35.8 Å². The molecule has 4 N–H and O–H groups in total. The first kappa shape index (κ1) is 7.39. The van der Waals surface area contributed by atoms with E-state index >= 15 is 0 Å².